The highest BCUT2D eigenvalue weighted by atomic mass is 32.1. The van der Waals surface area contributed by atoms with Gasteiger partial charge in [-0.15, -0.1) is 11.3 Å². The lowest BCUT2D eigenvalue weighted by atomic mass is 10.0. The van der Waals surface area contributed by atoms with E-state index < -0.39 is 0 Å². The van der Waals surface area contributed by atoms with Gasteiger partial charge in [-0.1, -0.05) is 0 Å². The van der Waals surface area contributed by atoms with Gasteiger partial charge in [0.05, 0.1) is 6.54 Å². The molecule has 2 N–H and O–H groups in total. The topological polar surface area (TPSA) is 61.4 Å². The summed E-state index contributed by atoms with van der Waals surface area (Å²) in [6, 6.07) is 2.06. The molecule has 120 valence electrons. The van der Waals surface area contributed by atoms with Crippen LogP contribution in [0.25, 0.3) is 0 Å². The predicted molar refractivity (Wildman–Crippen MR) is 86.8 cm³/mol. The van der Waals surface area contributed by atoms with Crippen LogP contribution in [0.5, 0.6) is 0 Å². The second kappa shape index (κ2) is 6.79. The van der Waals surface area contributed by atoms with Crippen molar-refractivity contribution in [3.8, 4) is 0 Å². The average Bonchev–Trinajstić information content (AvgIpc) is 2.89. The molecule has 0 saturated carbocycles. The van der Waals surface area contributed by atoms with E-state index in [0.717, 1.165) is 38.8 Å². The van der Waals surface area contributed by atoms with Crippen LogP contribution in [0.2, 0.25) is 0 Å². The van der Waals surface area contributed by atoms with Gasteiger partial charge in [-0.05, 0) is 49.6 Å². The normalized spacial score (nSPS) is 26.0. The fraction of sp³-hybridized carbons (Fsp3) is 0.625. The molecular weight excluding hydrogens is 298 g/mol. The summed E-state index contributed by atoms with van der Waals surface area (Å²) in [6.45, 7) is 4.13. The van der Waals surface area contributed by atoms with Crippen LogP contribution >= 0.6 is 11.3 Å². The Bertz CT molecular complexity index is 557. The summed E-state index contributed by atoms with van der Waals surface area (Å²) in [5.41, 5.74) is 1.34. The number of carbonyl (C=O) groups excluding carboxylic acids is 2. The number of hydrogen-bond donors (Lipinski definition) is 2. The SMILES string of the molecule is C[C@@H]1c2ccsc2CCN1CC(=O)N[C@@H]1CCCCNC1=O. The maximum Gasteiger partial charge on any atom is 0.242 e. The first-order valence-corrected chi connectivity index (χ1v) is 8.90. The molecule has 2 aliphatic heterocycles. The monoisotopic (exact) mass is 321 g/mol. The zero-order valence-corrected chi connectivity index (χ0v) is 13.7. The van der Waals surface area contributed by atoms with E-state index in [1.165, 1.54) is 10.4 Å². The van der Waals surface area contributed by atoms with Gasteiger partial charge in [0.15, 0.2) is 0 Å². The first-order chi connectivity index (χ1) is 10.6. The molecule has 22 heavy (non-hydrogen) atoms. The summed E-state index contributed by atoms with van der Waals surface area (Å²) >= 11 is 1.80. The van der Waals surface area contributed by atoms with Crippen LogP contribution < -0.4 is 10.6 Å². The number of carbonyl (C=O) groups is 2. The first-order valence-electron chi connectivity index (χ1n) is 8.02. The minimum Gasteiger partial charge on any atom is -0.354 e. The summed E-state index contributed by atoms with van der Waals surface area (Å²) in [4.78, 5) is 27.8. The van der Waals surface area contributed by atoms with Crippen molar-refractivity contribution in [2.24, 2.45) is 0 Å². The number of hydrogen-bond acceptors (Lipinski definition) is 4. The highest BCUT2D eigenvalue weighted by Gasteiger charge is 2.28. The first kappa shape index (κ1) is 15.5. The average molecular weight is 321 g/mol. The van der Waals surface area contributed by atoms with Gasteiger partial charge in [-0.25, -0.2) is 0 Å². The van der Waals surface area contributed by atoms with Crippen molar-refractivity contribution in [2.45, 2.75) is 44.7 Å². The quantitative estimate of drug-likeness (QED) is 0.886. The van der Waals surface area contributed by atoms with Crippen LogP contribution in [-0.2, 0) is 16.0 Å². The van der Waals surface area contributed by atoms with Gasteiger partial charge in [0.2, 0.25) is 11.8 Å². The van der Waals surface area contributed by atoms with Gasteiger partial charge in [-0.2, -0.15) is 0 Å². The fourth-order valence-electron chi connectivity index (χ4n) is 3.28. The highest BCUT2D eigenvalue weighted by molar-refractivity contribution is 7.10. The molecule has 3 rings (SSSR count). The van der Waals surface area contributed by atoms with Crippen LogP contribution in [-0.4, -0.2) is 42.4 Å². The van der Waals surface area contributed by atoms with Crippen molar-refractivity contribution in [1.82, 2.24) is 15.5 Å². The van der Waals surface area contributed by atoms with Crippen LogP contribution in [0.15, 0.2) is 11.4 Å². The van der Waals surface area contributed by atoms with Gasteiger partial charge < -0.3 is 10.6 Å². The van der Waals surface area contributed by atoms with Crippen molar-refractivity contribution in [3.05, 3.63) is 21.9 Å². The Kier molecular flexibility index (Phi) is 4.78. The Labute approximate surface area is 135 Å². The summed E-state index contributed by atoms with van der Waals surface area (Å²) < 4.78 is 0. The van der Waals surface area contributed by atoms with Crippen molar-refractivity contribution in [3.63, 3.8) is 0 Å². The third-order valence-electron chi connectivity index (χ3n) is 4.62. The standard InChI is InChI=1S/C16H23N3O2S/c1-11-12-6-9-22-14(12)5-8-19(11)10-15(20)18-13-4-2-3-7-17-16(13)21/h6,9,11,13H,2-5,7-8,10H2,1H3,(H,17,21)(H,18,20)/t11-,13-/m1/s1. The molecule has 1 aromatic rings. The van der Waals surface area contributed by atoms with Crippen molar-refractivity contribution in [1.29, 1.82) is 0 Å². The molecular formula is C16H23N3O2S. The predicted octanol–water partition coefficient (Wildman–Crippen LogP) is 1.45. The summed E-state index contributed by atoms with van der Waals surface area (Å²) in [6.07, 6.45) is 3.71. The van der Waals surface area contributed by atoms with E-state index in [9.17, 15) is 9.59 Å². The lowest BCUT2D eigenvalue weighted by Crippen LogP contribution is -2.49. The molecule has 0 spiro atoms. The Morgan fingerprint density at radius 2 is 2.36 bits per heavy atom. The zero-order chi connectivity index (χ0) is 15.5. The van der Waals surface area contributed by atoms with E-state index in [2.05, 4.69) is 33.9 Å². The Morgan fingerprint density at radius 1 is 1.50 bits per heavy atom. The minimum absolute atomic E-state index is 0.0438. The molecule has 6 heteroatoms. The van der Waals surface area contributed by atoms with E-state index in [1.54, 1.807) is 11.3 Å². The molecule has 0 radical (unpaired) electrons. The maximum atomic E-state index is 12.3. The van der Waals surface area contributed by atoms with Crippen molar-refractivity contribution in [2.75, 3.05) is 19.6 Å². The van der Waals surface area contributed by atoms with E-state index in [1.807, 2.05) is 0 Å². The number of fused-ring (bicyclic) bond motifs is 1. The number of amides is 2. The van der Waals surface area contributed by atoms with Gasteiger partial charge in [-0.3, -0.25) is 14.5 Å². The molecule has 0 bridgehead atoms. The number of thiophene rings is 1. The molecule has 2 amide bonds. The van der Waals surface area contributed by atoms with Crippen molar-refractivity contribution >= 4 is 23.2 Å². The molecule has 0 aromatic carbocycles. The minimum atomic E-state index is -0.369. The molecule has 1 fully saturated rings. The van der Waals surface area contributed by atoms with Crippen LogP contribution in [0, 0.1) is 0 Å². The lowest BCUT2D eigenvalue weighted by Gasteiger charge is -2.33. The fourth-order valence-corrected chi connectivity index (χ4v) is 4.24. The Hall–Kier alpha value is -1.40. The summed E-state index contributed by atoms with van der Waals surface area (Å²) in [7, 11) is 0. The summed E-state index contributed by atoms with van der Waals surface area (Å²) in [5, 5.41) is 7.89. The van der Waals surface area contributed by atoms with Crippen LogP contribution in [0.3, 0.4) is 0 Å². The third kappa shape index (κ3) is 3.33. The summed E-state index contributed by atoms with van der Waals surface area (Å²) in [5.74, 6) is -0.0924. The van der Waals surface area contributed by atoms with Gasteiger partial charge >= 0.3 is 0 Å². The molecule has 1 saturated heterocycles. The van der Waals surface area contributed by atoms with E-state index in [0.29, 0.717) is 6.54 Å². The maximum absolute atomic E-state index is 12.3. The molecule has 5 nitrogen and oxygen atoms in total. The van der Waals surface area contributed by atoms with Crippen molar-refractivity contribution < 1.29 is 9.59 Å². The van der Waals surface area contributed by atoms with Gasteiger partial charge in [0.1, 0.15) is 6.04 Å². The molecule has 2 aliphatic rings. The van der Waals surface area contributed by atoms with Crippen LogP contribution in [0.4, 0.5) is 0 Å². The molecule has 3 heterocycles. The molecule has 0 aliphatic carbocycles. The second-order valence-corrected chi connectivity index (χ2v) is 7.10. The molecule has 0 unspecified atom stereocenters. The number of rotatable bonds is 3. The van der Waals surface area contributed by atoms with E-state index in [4.69, 9.17) is 0 Å². The van der Waals surface area contributed by atoms with Gasteiger partial charge in [0.25, 0.3) is 0 Å². The van der Waals surface area contributed by atoms with Crippen LogP contribution in [0.1, 0.15) is 42.7 Å². The smallest absolute Gasteiger partial charge is 0.242 e. The molecule has 2 atom stereocenters. The molecule has 1 aromatic heterocycles. The van der Waals surface area contributed by atoms with E-state index >= 15 is 0 Å². The lowest BCUT2D eigenvalue weighted by molar-refractivity contribution is -0.129. The van der Waals surface area contributed by atoms with Gasteiger partial charge in [0, 0.05) is 24.0 Å². The Balaban J connectivity index is 1.57. The number of nitrogens with zero attached hydrogens (tertiary/aromatic N) is 1. The zero-order valence-electron chi connectivity index (χ0n) is 12.9. The largest absolute Gasteiger partial charge is 0.354 e. The highest BCUT2D eigenvalue weighted by Crippen LogP contribution is 2.32. The van der Waals surface area contributed by atoms with E-state index in [-0.39, 0.29) is 23.9 Å². The number of nitrogens with one attached hydrogen (secondary N) is 2. The second-order valence-electron chi connectivity index (χ2n) is 6.10. The third-order valence-corrected chi connectivity index (χ3v) is 5.62. The Morgan fingerprint density at radius 3 is 3.23 bits per heavy atom.